The maximum absolute atomic E-state index is 13.1. The number of amides is 2. The topological polar surface area (TPSA) is 58.4 Å². The minimum absolute atomic E-state index is 0.154. The van der Waals surface area contributed by atoms with Gasteiger partial charge in [-0.15, -0.1) is 0 Å². The second-order valence-corrected chi connectivity index (χ2v) is 7.32. The van der Waals surface area contributed by atoms with Crippen molar-refractivity contribution >= 4 is 11.7 Å². The Hall–Kier alpha value is -2.51. The molecule has 8 heteroatoms. The number of nitrogens with zero attached hydrogens (tertiary/aromatic N) is 2. The van der Waals surface area contributed by atoms with Crippen LogP contribution in [0.25, 0.3) is 0 Å². The van der Waals surface area contributed by atoms with Gasteiger partial charge in [-0.05, 0) is 44.4 Å². The van der Waals surface area contributed by atoms with Gasteiger partial charge in [-0.25, -0.2) is 4.79 Å². The van der Waals surface area contributed by atoms with Crippen LogP contribution in [-0.2, 0) is 5.41 Å². The third-order valence-electron chi connectivity index (χ3n) is 5.22. The van der Waals surface area contributed by atoms with Crippen LogP contribution in [-0.4, -0.2) is 35.4 Å². The number of hydrogen-bond donors (Lipinski definition) is 1. The highest BCUT2D eigenvalue weighted by atomic mass is 19.4. The number of alkyl halides is 3. The lowest BCUT2D eigenvalue weighted by atomic mass is 9.84. The summed E-state index contributed by atoms with van der Waals surface area (Å²) >= 11 is 0. The van der Waals surface area contributed by atoms with Gasteiger partial charge in [0.25, 0.3) is 0 Å². The molecule has 5 nitrogen and oxygen atoms in total. The number of likely N-dealkylation sites (tertiary alicyclic amines) is 1. The van der Waals surface area contributed by atoms with Gasteiger partial charge in [0.05, 0.1) is 11.1 Å². The zero-order valence-electron chi connectivity index (χ0n) is 15.2. The first-order valence-corrected chi connectivity index (χ1v) is 8.82. The van der Waals surface area contributed by atoms with E-state index in [-0.39, 0.29) is 17.5 Å². The number of urea groups is 1. The van der Waals surface area contributed by atoms with Crippen molar-refractivity contribution in [2.24, 2.45) is 0 Å². The van der Waals surface area contributed by atoms with Crippen LogP contribution in [0.2, 0.25) is 0 Å². The third-order valence-corrected chi connectivity index (χ3v) is 5.22. The predicted molar refractivity (Wildman–Crippen MR) is 94.6 cm³/mol. The van der Waals surface area contributed by atoms with Gasteiger partial charge < -0.3 is 14.7 Å². The minimum atomic E-state index is -4.34. The zero-order chi connectivity index (χ0) is 19.7. The van der Waals surface area contributed by atoms with Crippen molar-refractivity contribution in [3.05, 3.63) is 47.9 Å². The molecule has 0 unspecified atom stereocenters. The molecule has 1 aromatic heterocycles. The van der Waals surface area contributed by atoms with Crippen molar-refractivity contribution < 1.29 is 22.5 Å². The summed E-state index contributed by atoms with van der Waals surface area (Å²) in [6.07, 6.45) is -1.22. The maximum atomic E-state index is 13.1. The van der Waals surface area contributed by atoms with Gasteiger partial charge in [-0.2, -0.15) is 13.2 Å². The molecule has 0 aliphatic carbocycles. The van der Waals surface area contributed by atoms with E-state index in [4.69, 9.17) is 4.52 Å². The Morgan fingerprint density at radius 1 is 1.15 bits per heavy atom. The Bertz CT molecular complexity index is 762. The van der Waals surface area contributed by atoms with E-state index in [1.807, 2.05) is 6.07 Å². The van der Waals surface area contributed by atoms with E-state index in [0.717, 1.165) is 32.4 Å². The Labute approximate surface area is 155 Å². The van der Waals surface area contributed by atoms with E-state index in [1.165, 1.54) is 30.5 Å². The summed E-state index contributed by atoms with van der Waals surface area (Å²) < 4.78 is 44.2. The molecule has 0 atom stereocenters. The SMILES string of the molecule is CC(C)(c1ccc(NC(=O)N2CCC(c3ccon3)CC2)cc1)C(F)(F)F. The van der Waals surface area contributed by atoms with Crippen molar-refractivity contribution in [3.8, 4) is 0 Å². The molecule has 1 aliphatic heterocycles. The molecule has 2 heterocycles. The van der Waals surface area contributed by atoms with Crippen LogP contribution < -0.4 is 5.32 Å². The van der Waals surface area contributed by atoms with Crippen molar-refractivity contribution in [1.29, 1.82) is 0 Å². The fourth-order valence-corrected chi connectivity index (χ4v) is 3.15. The van der Waals surface area contributed by atoms with E-state index >= 15 is 0 Å². The molecule has 1 fully saturated rings. The summed E-state index contributed by atoms with van der Waals surface area (Å²) in [5.74, 6) is 0.275. The fraction of sp³-hybridized carbons (Fsp3) is 0.474. The number of piperidine rings is 1. The number of benzene rings is 1. The number of aromatic nitrogens is 1. The quantitative estimate of drug-likeness (QED) is 0.820. The van der Waals surface area contributed by atoms with Crippen LogP contribution >= 0.6 is 0 Å². The summed E-state index contributed by atoms with van der Waals surface area (Å²) in [5, 5.41) is 6.70. The average Bonchev–Trinajstić information content (AvgIpc) is 3.16. The first-order chi connectivity index (χ1) is 12.7. The van der Waals surface area contributed by atoms with Crippen LogP contribution in [0.4, 0.5) is 23.7 Å². The van der Waals surface area contributed by atoms with Crippen LogP contribution in [0.15, 0.2) is 41.1 Å². The molecule has 146 valence electrons. The summed E-state index contributed by atoms with van der Waals surface area (Å²) in [4.78, 5) is 14.1. The van der Waals surface area contributed by atoms with Gasteiger partial charge in [0.1, 0.15) is 6.26 Å². The minimum Gasteiger partial charge on any atom is -0.365 e. The number of hydrogen-bond acceptors (Lipinski definition) is 3. The Kier molecular flexibility index (Phi) is 5.17. The molecule has 0 bridgehead atoms. The van der Waals surface area contributed by atoms with Gasteiger partial charge in [0, 0.05) is 30.8 Å². The number of nitrogens with one attached hydrogen (secondary N) is 1. The standard InChI is InChI=1S/C19H22F3N3O2/c1-18(2,19(20,21)22)14-3-5-15(6-4-14)23-17(26)25-10-7-13(8-11-25)16-9-12-27-24-16/h3-6,9,12-13H,7-8,10-11H2,1-2H3,(H,23,26). The van der Waals surface area contributed by atoms with Crippen LogP contribution in [0.3, 0.4) is 0 Å². The molecule has 1 saturated heterocycles. The fourth-order valence-electron chi connectivity index (χ4n) is 3.15. The van der Waals surface area contributed by atoms with Crippen molar-refractivity contribution in [3.63, 3.8) is 0 Å². The lowest BCUT2D eigenvalue weighted by Gasteiger charge is -2.31. The molecule has 0 saturated carbocycles. The summed E-state index contributed by atoms with van der Waals surface area (Å²) in [6, 6.07) is 7.40. The smallest absolute Gasteiger partial charge is 0.365 e. The Morgan fingerprint density at radius 3 is 2.30 bits per heavy atom. The number of halogens is 3. The number of carbonyl (C=O) groups excluding carboxylic acids is 1. The molecule has 0 radical (unpaired) electrons. The summed E-state index contributed by atoms with van der Waals surface area (Å²) in [7, 11) is 0. The summed E-state index contributed by atoms with van der Waals surface area (Å²) in [6.45, 7) is 3.45. The highest BCUT2D eigenvalue weighted by molar-refractivity contribution is 5.89. The molecule has 1 aliphatic rings. The number of anilines is 1. The maximum Gasteiger partial charge on any atom is 0.397 e. The molecule has 27 heavy (non-hydrogen) atoms. The molecule has 3 rings (SSSR count). The monoisotopic (exact) mass is 381 g/mol. The van der Waals surface area contributed by atoms with Gasteiger partial charge in [0.2, 0.25) is 0 Å². The average molecular weight is 381 g/mol. The molecule has 2 aromatic rings. The number of carbonyl (C=O) groups is 1. The first kappa shape index (κ1) is 19.3. The van der Waals surface area contributed by atoms with Crippen molar-refractivity contribution in [2.75, 3.05) is 18.4 Å². The third kappa shape index (κ3) is 4.09. The van der Waals surface area contributed by atoms with Gasteiger partial charge in [-0.1, -0.05) is 17.3 Å². The largest absolute Gasteiger partial charge is 0.397 e. The predicted octanol–water partition coefficient (Wildman–Crippen LogP) is 4.93. The zero-order valence-corrected chi connectivity index (χ0v) is 15.2. The molecule has 2 amide bonds. The van der Waals surface area contributed by atoms with Crippen LogP contribution in [0.5, 0.6) is 0 Å². The first-order valence-electron chi connectivity index (χ1n) is 8.82. The van der Waals surface area contributed by atoms with Crippen LogP contribution in [0, 0.1) is 0 Å². The van der Waals surface area contributed by atoms with Gasteiger partial charge >= 0.3 is 12.2 Å². The normalized spacial score (nSPS) is 16.4. The van der Waals surface area contributed by atoms with Gasteiger partial charge in [0.15, 0.2) is 0 Å². The highest BCUT2D eigenvalue weighted by Gasteiger charge is 2.48. The molecule has 1 aromatic carbocycles. The van der Waals surface area contributed by atoms with Crippen LogP contribution in [0.1, 0.15) is 43.9 Å². The van der Waals surface area contributed by atoms with E-state index in [0.29, 0.717) is 18.8 Å². The van der Waals surface area contributed by atoms with Crippen molar-refractivity contribution in [1.82, 2.24) is 10.1 Å². The lowest BCUT2D eigenvalue weighted by Crippen LogP contribution is -2.40. The Balaban J connectivity index is 1.57. The molecular weight excluding hydrogens is 359 g/mol. The van der Waals surface area contributed by atoms with E-state index < -0.39 is 11.6 Å². The molecule has 0 spiro atoms. The second kappa shape index (κ2) is 7.25. The van der Waals surface area contributed by atoms with E-state index in [2.05, 4.69) is 10.5 Å². The number of rotatable bonds is 3. The highest BCUT2D eigenvalue weighted by Crippen LogP contribution is 2.40. The summed E-state index contributed by atoms with van der Waals surface area (Å²) in [5.41, 5.74) is -0.418. The molecule has 1 N–H and O–H groups in total. The van der Waals surface area contributed by atoms with Crippen molar-refractivity contribution in [2.45, 2.75) is 44.2 Å². The van der Waals surface area contributed by atoms with Gasteiger partial charge in [-0.3, -0.25) is 0 Å². The Morgan fingerprint density at radius 2 is 1.78 bits per heavy atom. The second-order valence-electron chi connectivity index (χ2n) is 7.32. The molecular formula is C19H22F3N3O2. The lowest BCUT2D eigenvalue weighted by molar-refractivity contribution is -0.180. The van der Waals surface area contributed by atoms with E-state index in [1.54, 1.807) is 4.90 Å². The van der Waals surface area contributed by atoms with E-state index in [9.17, 15) is 18.0 Å².